The zero-order chi connectivity index (χ0) is 26.8. The molecular weight excluding hydrogens is 514 g/mol. The predicted octanol–water partition coefficient (Wildman–Crippen LogP) is 4.36. The molecule has 1 amide bonds. The Hall–Kier alpha value is -4.22. The second-order valence-corrected chi connectivity index (χ2v) is 10.3. The zero-order valence-electron chi connectivity index (χ0n) is 21.6. The zero-order valence-corrected chi connectivity index (χ0v) is 22.5. The number of anilines is 5. The molecule has 1 aromatic carbocycles. The van der Waals surface area contributed by atoms with E-state index >= 15 is 0 Å². The van der Waals surface area contributed by atoms with E-state index in [1.54, 1.807) is 13.3 Å². The average molecular weight is 544 g/mol. The fourth-order valence-electron chi connectivity index (χ4n) is 4.98. The lowest BCUT2D eigenvalue weighted by Crippen LogP contribution is -2.36. The van der Waals surface area contributed by atoms with Crippen LogP contribution in [0.15, 0.2) is 54.6 Å². The van der Waals surface area contributed by atoms with Crippen molar-refractivity contribution in [3.63, 3.8) is 0 Å². The van der Waals surface area contributed by atoms with Crippen molar-refractivity contribution in [2.24, 2.45) is 0 Å². The highest BCUT2D eigenvalue weighted by atomic mass is 32.1. The van der Waals surface area contributed by atoms with Crippen LogP contribution >= 0.6 is 11.3 Å². The molecule has 0 aliphatic carbocycles. The number of nitrogens with zero attached hydrogens (tertiary/aromatic N) is 5. The molecule has 3 aromatic heterocycles. The molecule has 6 rings (SSSR count). The summed E-state index contributed by atoms with van der Waals surface area (Å²) in [4.78, 5) is 32.4. The van der Waals surface area contributed by atoms with Gasteiger partial charge in [0, 0.05) is 43.3 Å². The number of hydrogen-bond donors (Lipinski definition) is 2. The van der Waals surface area contributed by atoms with Gasteiger partial charge in [0.05, 0.1) is 42.8 Å². The van der Waals surface area contributed by atoms with Crippen LogP contribution in [-0.2, 0) is 22.5 Å². The van der Waals surface area contributed by atoms with Crippen molar-refractivity contribution in [3.05, 3.63) is 65.0 Å². The van der Waals surface area contributed by atoms with E-state index in [2.05, 4.69) is 43.4 Å². The van der Waals surface area contributed by atoms with Gasteiger partial charge in [0.25, 0.3) is 0 Å². The molecule has 5 heterocycles. The van der Waals surface area contributed by atoms with Crippen LogP contribution in [0.25, 0.3) is 11.0 Å². The van der Waals surface area contributed by atoms with Crippen LogP contribution in [0.5, 0.6) is 5.75 Å². The highest BCUT2D eigenvalue weighted by Gasteiger charge is 2.23. The Bertz CT molecular complexity index is 1530. The fraction of sp³-hybridized carbons (Fsp3) is 0.286. The number of hydrogen-bond acceptors (Lipinski definition) is 10. The first-order valence-electron chi connectivity index (χ1n) is 12.8. The molecule has 0 radical (unpaired) electrons. The van der Waals surface area contributed by atoms with E-state index in [9.17, 15) is 4.79 Å². The van der Waals surface area contributed by atoms with Crippen molar-refractivity contribution in [2.45, 2.75) is 13.0 Å². The summed E-state index contributed by atoms with van der Waals surface area (Å²) in [5.74, 6) is 1.52. The third kappa shape index (κ3) is 5.10. The van der Waals surface area contributed by atoms with Crippen LogP contribution in [0.2, 0.25) is 0 Å². The standard InChI is InChI=1S/C28H29N7O3S/c1-3-25(36)30-20-15-21(23(37-2)16-22(20)34-10-12-38-13-11-34)31-28-32-26-19(5-4-8-29-26)27(33-28)35-9-6-24-18(17-35)7-14-39-24/h3-5,7-8,14-16H,1,6,9-13,17H2,2H3,(H,30,36)(H,29,31,32,33). The second kappa shape index (κ2) is 10.9. The number of ether oxygens (including phenoxy) is 2. The summed E-state index contributed by atoms with van der Waals surface area (Å²) < 4.78 is 11.3. The van der Waals surface area contributed by atoms with Gasteiger partial charge >= 0.3 is 0 Å². The summed E-state index contributed by atoms with van der Waals surface area (Å²) >= 11 is 1.81. The monoisotopic (exact) mass is 543 g/mol. The number of carbonyl (C=O) groups is 1. The quantitative estimate of drug-likeness (QED) is 0.329. The summed E-state index contributed by atoms with van der Waals surface area (Å²) in [6, 6.07) is 9.85. The second-order valence-electron chi connectivity index (χ2n) is 9.27. The topological polar surface area (TPSA) is 105 Å². The van der Waals surface area contributed by atoms with Gasteiger partial charge < -0.3 is 29.9 Å². The summed E-state index contributed by atoms with van der Waals surface area (Å²) in [5, 5.41) is 9.33. The van der Waals surface area contributed by atoms with E-state index < -0.39 is 0 Å². The minimum atomic E-state index is -0.299. The molecule has 0 unspecified atom stereocenters. The number of carbonyl (C=O) groups excluding carboxylic acids is 1. The molecule has 0 atom stereocenters. The van der Waals surface area contributed by atoms with Crippen LogP contribution in [-0.4, -0.2) is 60.8 Å². The molecule has 2 aliphatic rings. The molecule has 4 aromatic rings. The third-order valence-corrected chi connectivity index (χ3v) is 7.94. The van der Waals surface area contributed by atoms with E-state index in [0.717, 1.165) is 36.4 Å². The molecule has 2 aliphatic heterocycles. The molecule has 0 bridgehead atoms. The van der Waals surface area contributed by atoms with Gasteiger partial charge in [-0.25, -0.2) is 4.98 Å². The number of methoxy groups -OCH3 is 1. The van der Waals surface area contributed by atoms with E-state index in [1.807, 2.05) is 35.6 Å². The maximum absolute atomic E-state index is 12.3. The molecule has 1 fully saturated rings. The minimum absolute atomic E-state index is 0.299. The Labute approximate surface area is 230 Å². The van der Waals surface area contributed by atoms with Crippen molar-refractivity contribution in [2.75, 3.05) is 60.4 Å². The molecule has 200 valence electrons. The van der Waals surface area contributed by atoms with Crippen molar-refractivity contribution in [3.8, 4) is 5.75 Å². The number of nitrogens with one attached hydrogen (secondary N) is 2. The van der Waals surface area contributed by atoms with Crippen LogP contribution in [0.4, 0.5) is 28.8 Å². The van der Waals surface area contributed by atoms with Gasteiger partial charge in [-0.2, -0.15) is 9.97 Å². The molecular formula is C28H29N7O3S. The lowest BCUT2D eigenvalue weighted by atomic mass is 10.1. The molecule has 0 spiro atoms. The van der Waals surface area contributed by atoms with Crippen LogP contribution in [0.3, 0.4) is 0 Å². The first-order chi connectivity index (χ1) is 19.1. The summed E-state index contributed by atoms with van der Waals surface area (Å²) in [5.41, 5.74) is 4.03. The van der Waals surface area contributed by atoms with Crippen molar-refractivity contribution >= 4 is 57.1 Å². The van der Waals surface area contributed by atoms with Gasteiger partial charge in [0.1, 0.15) is 11.6 Å². The first-order valence-corrected chi connectivity index (χ1v) is 13.7. The maximum Gasteiger partial charge on any atom is 0.247 e. The van der Waals surface area contributed by atoms with Gasteiger partial charge in [-0.05, 0) is 47.7 Å². The van der Waals surface area contributed by atoms with Crippen LogP contribution < -0.4 is 25.2 Å². The molecule has 2 N–H and O–H groups in total. The average Bonchev–Trinajstić information content (AvgIpc) is 3.45. The smallest absolute Gasteiger partial charge is 0.247 e. The Morgan fingerprint density at radius 2 is 2.03 bits per heavy atom. The van der Waals surface area contributed by atoms with Crippen molar-refractivity contribution in [1.82, 2.24) is 15.0 Å². The molecule has 0 saturated carbocycles. The van der Waals surface area contributed by atoms with Gasteiger partial charge in [-0.3, -0.25) is 4.79 Å². The number of thiophene rings is 1. The first kappa shape index (κ1) is 25.1. The Kier molecular flexibility index (Phi) is 6.99. The van der Waals surface area contributed by atoms with Gasteiger partial charge in [0.15, 0.2) is 5.65 Å². The number of amides is 1. The summed E-state index contributed by atoms with van der Waals surface area (Å²) in [6.07, 6.45) is 3.96. The molecule has 1 saturated heterocycles. The lowest BCUT2D eigenvalue weighted by Gasteiger charge is -2.31. The fourth-order valence-corrected chi connectivity index (χ4v) is 5.87. The van der Waals surface area contributed by atoms with E-state index in [4.69, 9.17) is 19.4 Å². The number of fused-ring (bicyclic) bond motifs is 2. The van der Waals surface area contributed by atoms with Crippen LogP contribution in [0.1, 0.15) is 10.4 Å². The Morgan fingerprint density at radius 3 is 2.85 bits per heavy atom. The molecule has 39 heavy (non-hydrogen) atoms. The lowest BCUT2D eigenvalue weighted by molar-refractivity contribution is -0.111. The maximum atomic E-state index is 12.3. The van der Waals surface area contributed by atoms with E-state index in [-0.39, 0.29) is 5.91 Å². The highest BCUT2D eigenvalue weighted by Crippen LogP contribution is 2.39. The van der Waals surface area contributed by atoms with E-state index in [1.165, 1.54) is 16.5 Å². The number of benzene rings is 1. The van der Waals surface area contributed by atoms with Crippen molar-refractivity contribution < 1.29 is 14.3 Å². The Balaban J connectivity index is 1.39. The van der Waals surface area contributed by atoms with E-state index in [0.29, 0.717) is 55.0 Å². The molecule has 10 nitrogen and oxygen atoms in total. The molecule has 11 heteroatoms. The van der Waals surface area contributed by atoms with Crippen LogP contribution in [0, 0.1) is 0 Å². The third-order valence-electron chi connectivity index (χ3n) is 6.92. The number of rotatable bonds is 7. The van der Waals surface area contributed by atoms with Gasteiger partial charge in [-0.1, -0.05) is 6.58 Å². The number of morpholine rings is 1. The van der Waals surface area contributed by atoms with Gasteiger partial charge in [0.2, 0.25) is 11.9 Å². The summed E-state index contributed by atoms with van der Waals surface area (Å²) in [6.45, 7) is 7.89. The Morgan fingerprint density at radius 1 is 1.15 bits per heavy atom. The van der Waals surface area contributed by atoms with Crippen molar-refractivity contribution in [1.29, 1.82) is 0 Å². The number of pyridine rings is 1. The largest absolute Gasteiger partial charge is 0.494 e. The SMILES string of the molecule is C=CC(=O)Nc1cc(Nc2nc(N3CCc4sccc4C3)c3cccnc3n2)c(OC)cc1N1CCOCC1. The van der Waals surface area contributed by atoms with Gasteiger partial charge in [-0.15, -0.1) is 11.3 Å². The minimum Gasteiger partial charge on any atom is -0.494 e. The predicted molar refractivity (Wildman–Crippen MR) is 155 cm³/mol. The normalized spacial score (nSPS) is 15.1. The number of aromatic nitrogens is 3. The summed E-state index contributed by atoms with van der Waals surface area (Å²) in [7, 11) is 1.62. The highest BCUT2D eigenvalue weighted by molar-refractivity contribution is 7.10.